The number of carbonyl (C=O) groups is 1. The number of rotatable bonds is 6. The summed E-state index contributed by atoms with van der Waals surface area (Å²) in [4.78, 5) is 14.6. The Morgan fingerprint density at radius 3 is 2.50 bits per heavy atom. The molecular formula is C22H33N5O. The number of hydrogen-bond donors (Lipinski definition) is 2. The molecule has 6 nitrogen and oxygen atoms in total. The van der Waals surface area contributed by atoms with Crippen molar-refractivity contribution in [2.75, 3.05) is 29.9 Å². The van der Waals surface area contributed by atoms with Gasteiger partial charge in [0.1, 0.15) is 0 Å². The first-order valence-corrected chi connectivity index (χ1v) is 10.3. The molecule has 1 aliphatic heterocycles. The molecule has 1 saturated heterocycles. The Morgan fingerprint density at radius 2 is 1.89 bits per heavy atom. The molecule has 1 aromatic carbocycles. The lowest BCUT2D eigenvalue weighted by atomic mass is 9.99. The number of anilines is 2. The number of carbonyl (C=O) groups excluding carboxylic acids is 1. The summed E-state index contributed by atoms with van der Waals surface area (Å²) in [5.74, 6) is 1.12. The predicted molar refractivity (Wildman–Crippen MR) is 115 cm³/mol. The lowest BCUT2D eigenvalue weighted by molar-refractivity contribution is 0.249. The molecule has 2 amide bonds. The first kappa shape index (κ1) is 20.2. The number of nitrogens with zero attached hydrogens (tertiary/aromatic N) is 3. The van der Waals surface area contributed by atoms with Crippen LogP contribution < -0.4 is 15.5 Å². The minimum atomic E-state index is -0.167. The molecular weight excluding hydrogens is 350 g/mol. The van der Waals surface area contributed by atoms with Gasteiger partial charge < -0.3 is 15.5 Å². The van der Waals surface area contributed by atoms with Crippen LogP contribution >= 0.6 is 0 Å². The van der Waals surface area contributed by atoms with Crippen molar-refractivity contribution in [3.63, 3.8) is 0 Å². The van der Waals surface area contributed by atoms with Crippen LogP contribution in [0.5, 0.6) is 0 Å². The van der Waals surface area contributed by atoms with Crippen molar-refractivity contribution >= 4 is 17.4 Å². The van der Waals surface area contributed by atoms with Gasteiger partial charge in [0.05, 0.1) is 5.69 Å². The van der Waals surface area contributed by atoms with Gasteiger partial charge >= 0.3 is 6.03 Å². The van der Waals surface area contributed by atoms with E-state index in [0.717, 1.165) is 42.6 Å². The molecule has 0 aliphatic carbocycles. The predicted octanol–water partition coefficient (Wildman–Crippen LogP) is 4.19. The second-order valence-corrected chi connectivity index (χ2v) is 8.27. The summed E-state index contributed by atoms with van der Waals surface area (Å²) in [6.07, 6.45) is 2.50. The van der Waals surface area contributed by atoms with Crippen LogP contribution in [0.4, 0.5) is 16.2 Å². The van der Waals surface area contributed by atoms with Crippen LogP contribution in [-0.4, -0.2) is 35.4 Å². The van der Waals surface area contributed by atoms with Crippen LogP contribution in [0.15, 0.2) is 30.3 Å². The highest BCUT2D eigenvalue weighted by atomic mass is 16.2. The number of hydrogen-bond acceptors (Lipinski definition) is 3. The van der Waals surface area contributed by atoms with Crippen molar-refractivity contribution < 1.29 is 4.79 Å². The zero-order chi connectivity index (χ0) is 20.1. The topological polar surface area (TPSA) is 62.2 Å². The minimum absolute atomic E-state index is 0.167. The Hall–Kier alpha value is -2.50. The fraction of sp³-hybridized carbons (Fsp3) is 0.545. The van der Waals surface area contributed by atoms with E-state index in [1.54, 1.807) is 0 Å². The molecule has 152 valence electrons. The van der Waals surface area contributed by atoms with Gasteiger partial charge in [-0.3, -0.25) is 4.68 Å². The van der Waals surface area contributed by atoms with E-state index >= 15 is 0 Å². The summed E-state index contributed by atoms with van der Waals surface area (Å²) in [5, 5.41) is 10.4. The van der Waals surface area contributed by atoms with Crippen LogP contribution in [0, 0.1) is 25.7 Å². The van der Waals surface area contributed by atoms with Crippen molar-refractivity contribution in [2.24, 2.45) is 11.8 Å². The molecule has 0 bridgehead atoms. The monoisotopic (exact) mass is 383 g/mol. The van der Waals surface area contributed by atoms with E-state index in [1.807, 2.05) is 23.7 Å². The fourth-order valence-corrected chi connectivity index (χ4v) is 3.68. The summed E-state index contributed by atoms with van der Waals surface area (Å²) in [7, 11) is 0. The summed E-state index contributed by atoms with van der Waals surface area (Å²) < 4.78 is 2.00. The van der Waals surface area contributed by atoms with Crippen LogP contribution in [-0.2, 0) is 6.54 Å². The highest BCUT2D eigenvalue weighted by Crippen LogP contribution is 2.24. The number of urea groups is 1. The molecule has 1 aliphatic rings. The van der Waals surface area contributed by atoms with E-state index in [9.17, 15) is 4.79 Å². The Morgan fingerprint density at radius 1 is 1.21 bits per heavy atom. The maximum absolute atomic E-state index is 12.2. The quantitative estimate of drug-likeness (QED) is 0.786. The van der Waals surface area contributed by atoms with Gasteiger partial charge in [-0.2, -0.15) is 5.10 Å². The molecule has 2 N–H and O–H groups in total. The molecule has 28 heavy (non-hydrogen) atoms. The highest BCUT2D eigenvalue weighted by molar-refractivity contribution is 5.89. The van der Waals surface area contributed by atoms with Gasteiger partial charge in [-0.1, -0.05) is 13.8 Å². The summed E-state index contributed by atoms with van der Waals surface area (Å²) in [5.41, 5.74) is 4.23. The largest absolute Gasteiger partial charge is 0.372 e. The number of benzene rings is 1. The summed E-state index contributed by atoms with van der Waals surface area (Å²) >= 11 is 0. The molecule has 2 heterocycles. The average molecular weight is 384 g/mol. The molecule has 1 atom stereocenters. The third kappa shape index (κ3) is 5.50. The van der Waals surface area contributed by atoms with Gasteiger partial charge in [-0.25, -0.2) is 4.79 Å². The normalized spacial score (nSPS) is 16.1. The molecule has 3 rings (SSSR count). The minimum Gasteiger partial charge on any atom is -0.372 e. The molecule has 6 heteroatoms. The molecule has 1 fully saturated rings. The van der Waals surface area contributed by atoms with Gasteiger partial charge in [0, 0.05) is 43.2 Å². The molecule has 0 saturated carbocycles. The summed E-state index contributed by atoms with van der Waals surface area (Å²) in [6, 6.07) is 10.0. The Kier molecular flexibility index (Phi) is 6.60. The second-order valence-electron chi connectivity index (χ2n) is 8.27. The number of aryl methyl sites for hydroxylation is 2. The zero-order valence-corrected chi connectivity index (χ0v) is 17.5. The third-order valence-corrected chi connectivity index (χ3v) is 5.47. The van der Waals surface area contributed by atoms with E-state index in [1.165, 1.54) is 18.5 Å². The molecule has 1 aromatic heterocycles. The maximum atomic E-state index is 12.2. The first-order chi connectivity index (χ1) is 13.4. The zero-order valence-electron chi connectivity index (χ0n) is 17.5. The molecule has 0 spiro atoms. The van der Waals surface area contributed by atoms with E-state index in [4.69, 9.17) is 0 Å². The number of nitrogens with one attached hydrogen (secondary N) is 2. The van der Waals surface area contributed by atoms with Crippen LogP contribution in [0.1, 0.15) is 38.1 Å². The number of aromatic nitrogens is 2. The van der Waals surface area contributed by atoms with Crippen LogP contribution in [0.3, 0.4) is 0 Å². The van der Waals surface area contributed by atoms with Gasteiger partial charge in [-0.15, -0.1) is 0 Å². The Bertz CT molecular complexity index is 775. The number of piperidine rings is 1. The number of amides is 2. The van der Waals surface area contributed by atoms with Crippen molar-refractivity contribution in [2.45, 2.75) is 47.1 Å². The maximum Gasteiger partial charge on any atom is 0.319 e. The molecule has 2 aromatic rings. The summed E-state index contributed by atoms with van der Waals surface area (Å²) in [6.45, 7) is 12.1. The van der Waals surface area contributed by atoms with Gasteiger partial charge in [0.25, 0.3) is 0 Å². The second kappa shape index (κ2) is 9.13. The van der Waals surface area contributed by atoms with E-state index in [2.05, 4.69) is 59.6 Å². The van der Waals surface area contributed by atoms with Gasteiger partial charge in [0.2, 0.25) is 0 Å². The van der Waals surface area contributed by atoms with E-state index in [-0.39, 0.29) is 6.03 Å². The lowest BCUT2D eigenvalue weighted by Gasteiger charge is -2.32. The highest BCUT2D eigenvalue weighted by Gasteiger charge is 2.16. The molecule has 1 unspecified atom stereocenters. The molecule has 0 radical (unpaired) electrons. The van der Waals surface area contributed by atoms with E-state index < -0.39 is 0 Å². The van der Waals surface area contributed by atoms with Crippen molar-refractivity contribution in [3.05, 3.63) is 41.7 Å². The lowest BCUT2D eigenvalue weighted by Crippen LogP contribution is -2.34. The smallest absolute Gasteiger partial charge is 0.319 e. The van der Waals surface area contributed by atoms with Crippen LogP contribution in [0.2, 0.25) is 0 Å². The third-order valence-electron chi connectivity index (χ3n) is 5.47. The van der Waals surface area contributed by atoms with Gasteiger partial charge in [-0.05, 0) is 68.9 Å². The van der Waals surface area contributed by atoms with Crippen molar-refractivity contribution in [1.82, 2.24) is 15.1 Å². The standard InChI is InChI=1S/C22H33N5O/c1-16-9-11-26(12-10-16)21-7-5-20(6-8-21)24-22(28)23-14-17(2)15-27-19(4)13-18(3)25-27/h5-8,13,16-17H,9-12,14-15H2,1-4H3,(H2,23,24,28). The van der Waals surface area contributed by atoms with Crippen molar-refractivity contribution in [1.29, 1.82) is 0 Å². The average Bonchev–Trinajstić information content (AvgIpc) is 2.98. The fourth-order valence-electron chi connectivity index (χ4n) is 3.68. The SMILES string of the molecule is Cc1cc(C)n(CC(C)CNC(=O)Nc2ccc(N3CCC(C)CC3)cc2)n1. The van der Waals surface area contributed by atoms with Crippen LogP contribution in [0.25, 0.3) is 0 Å². The van der Waals surface area contributed by atoms with Gasteiger partial charge in [0.15, 0.2) is 0 Å². The van der Waals surface area contributed by atoms with E-state index in [0.29, 0.717) is 12.5 Å². The Labute approximate surface area is 168 Å². The Balaban J connectivity index is 1.43. The first-order valence-electron chi connectivity index (χ1n) is 10.3. The van der Waals surface area contributed by atoms with Crippen molar-refractivity contribution in [3.8, 4) is 0 Å².